The van der Waals surface area contributed by atoms with Crippen LogP contribution in [0, 0.1) is 0 Å². The van der Waals surface area contributed by atoms with Gasteiger partial charge in [-0.05, 0) is 24.3 Å². The lowest BCUT2D eigenvalue weighted by molar-refractivity contribution is 0.0697. The van der Waals surface area contributed by atoms with Crippen LogP contribution in [0.3, 0.4) is 0 Å². The van der Waals surface area contributed by atoms with E-state index in [1.165, 1.54) is 24.3 Å². The number of carbonyl (C=O) groups is 1. The molecule has 0 bridgehead atoms. The number of hydrogen-bond acceptors (Lipinski definition) is 4. The molecule has 0 atom stereocenters. The van der Waals surface area contributed by atoms with Crippen molar-refractivity contribution in [2.24, 2.45) is 0 Å². The molecule has 5 heteroatoms. The highest BCUT2D eigenvalue weighted by Crippen LogP contribution is 2.28. The minimum atomic E-state index is -1.14. The average Bonchev–Trinajstić information content (AvgIpc) is 2.47. The first kappa shape index (κ1) is 12.9. The van der Waals surface area contributed by atoms with E-state index in [0.717, 1.165) is 0 Å². The average molecular weight is 282 g/mol. The quantitative estimate of drug-likeness (QED) is 0.706. The molecule has 0 amide bonds. The molecule has 3 rings (SSSR count). The van der Waals surface area contributed by atoms with Crippen molar-refractivity contribution in [1.82, 2.24) is 0 Å². The second kappa shape index (κ2) is 4.79. The zero-order valence-electron chi connectivity index (χ0n) is 10.7. The molecule has 1 heterocycles. The summed E-state index contributed by atoms with van der Waals surface area (Å²) in [5.74, 6) is -1.17. The predicted molar refractivity (Wildman–Crippen MR) is 76.5 cm³/mol. The van der Waals surface area contributed by atoms with Gasteiger partial charge in [0, 0.05) is 5.56 Å². The lowest BCUT2D eigenvalue weighted by Gasteiger charge is -2.06. The van der Waals surface area contributed by atoms with Crippen molar-refractivity contribution >= 4 is 16.9 Å². The topological polar surface area (TPSA) is 87.7 Å². The van der Waals surface area contributed by atoms with Crippen LogP contribution >= 0.6 is 0 Å². The number of carboxylic acid groups (broad SMARTS) is 1. The molecule has 0 aliphatic rings. The smallest absolute Gasteiger partial charge is 0.344 e. The largest absolute Gasteiger partial charge is 0.507 e. The van der Waals surface area contributed by atoms with Gasteiger partial charge in [-0.3, -0.25) is 0 Å². The maximum atomic E-state index is 12.1. The van der Waals surface area contributed by atoms with Gasteiger partial charge in [0.2, 0.25) is 0 Å². The molecule has 104 valence electrons. The Hall–Kier alpha value is -3.08. The molecule has 21 heavy (non-hydrogen) atoms. The van der Waals surface area contributed by atoms with Crippen molar-refractivity contribution in [3.05, 3.63) is 64.5 Å². The molecule has 3 aromatic rings. The maximum absolute atomic E-state index is 12.1. The molecule has 5 nitrogen and oxygen atoms in total. The van der Waals surface area contributed by atoms with E-state index < -0.39 is 11.6 Å². The van der Waals surface area contributed by atoms with Crippen molar-refractivity contribution in [2.45, 2.75) is 0 Å². The van der Waals surface area contributed by atoms with Gasteiger partial charge >= 0.3 is 11.6 Å². The van der Waals surface area contributed by atoms with E-state index in [4.69, 9.17) is 4.42 Å². The Bertz CT molecular complexity index is 908. The van der Waals surface area contributed by atoms with Crippen LogP contribution in [0.4, 0.5) is 0 Å². The number of aromatic hydroxyl groups is 1. The molecule has 0 unspecified atom stereocenters. The van der Waals surface area contributed by atoms with Gasteiger partial charge in [-0.2, -0.15) is 0 Å². The van der Waals surface area contributed by atoms with Crippen LogP contribution in [0.15, 0.2) is 57.7 Å². The summed E-state index contributed by atoms with van der Waals surface area (Å²) in [5, 5.41) is 19.4. The molecular formula is C16H10O5. The Morgan fingerprint density at radius 2 is 1.76 bits per heavy atom. The van der Waals surface area contributed by atoms with Crippen molar-refractivity contribution in [2.75, 3.05) is 0 Å². The van der Waals surface area contributed by atoms with Crippen LogP contribution in [0.25, 0.3) is 22.1 Å². The van der Waals surface area contributed by atoms with Gasteiger partial charge < -0.3 is 14.6 Å². The normalized spacial score (nSPS) is 10.7. The number of fused-ring (bicyclic) bond motifs is 1. The molecular weight excluding hydrogens is 272 g/mol. The van der Waals surface area contributed by atoms with E-state index in [1.807, 2.05) is 0 Å². The molecule has 2 N–H and O–H groups in total. The van der Waals surface area contributed by atoms with Crippen LogP contribution < -0.4 is 5.63 Å². The molecule has 2 aromatic carbocycles. The molecule has 0 saturated carbocycles. The van der Waals surface area contributed by atoms with E-state index >= 15 is 0 Å². The van der Waals surface area contributed by atoms with Gasteiger partial charge in [-0.1, -0.05) is 24.3 Å². The van der Waals surface area contributed by atoms with Crippen LogP contribution in [0.5, 0.6) is 5.75 Å². The van der Waals surface area contributed by atoms with Gasteiger partial charge in [0.25, 0.3) is 0 Å². The fourth-order valence-corrected chi connectivity index (χ4v) is 2.22. The Morgan fingerprint density at radius 3 is 2.52 bits per heavy atom. The molecule has 0 saturated heterocycles. The summed E-state index contributed by atoms with van der Waals surface area (Å²) >= 11 is 0. The van der Waals surface area contributed by atoms with Crippen LogP contribution in [-0.2, 0) is 0 Å². The molecule has 0 aliphatic carbocycles. The third-order valence-corrected chi connectivity index (χ3v) is 3.20. The van der Waals surface area contributed by atoms with Crippen molar-refractivity contribution in [3.63, 3.8) is 0 Å². The minimum Gasteiger partial charge on any atom is -0.507 e. The van der Waals surface area contributed by atoms with Crippen molar-refractivity contribution in [1.29, 1.82) is 0 Å². The minimum absolute atomic E-state index is 0.000397. The Morgan fingerprint density at radius 1 is 1.00 bits per heavy atom. The third-order valence-electron chi connectivity index (χ3n) is 3.20. The zero-order chi connectivity index (χ0) is 15.0. The first-order valence-corrected chi connectivity index (χ1v) is 6.16. The third kappa shape index (κ3) is 2.14. The summed E-state index contributed by atoms with van der Waals surface area (Å²) in [5.41, 5.74) is -0.0520. The van der Waals surface area contributed by atoms with Gasteiger partial charge in [0.15, 0.2) is 0 Å². The van der Waals surface area contributed by atoms with E-state index in [0.29, 0.717) is 5.39 Å². The number of aromatic carboxylic acids is 1. The van der Waals surface area contributed by atoms with Gasteiger partial charge in [0.05, 0.1) is 16.5 Å². The fraction of sp³-hybridized carbons (Fsp3) is 0. The fourth-order valence-electron chi connectivity index (χ4n) is 2.22. The number of rotatable bonds is 2. The molecule has 0 aliphatic heterocycles. The summed E-state index contributed by atoms with van der Waals surface area (Å²) in [6, 6.07) is 12.2. The van der Waals surface area contributed by atoms with Crippen molar-refractivity contribution < 1.29 is 19.4 Å². The van der Waals surface area contributed by atoms with Crippen molar-refractivity contribution in [3.8, 4) is 16.9 Å². The zero-order valence-corrected chi connectivity index (χ0v) is 10.7. The van der Waals surface area contributed by atoms with Gasteiger partial charge in [0.1, 0.15) is 11.3 Å². The summed E-state index contributed by atoms with van der Waals surface area (Å²) in [7, 11) is 0. The summed E-state index contributed by atoms with van der Waals surface area (Å²) in [6.07, 6.45) is 0. The van der Waals surface area contributed by atoms with E-state index in [-0.39, 0.29) is 28.0 Å². The highest BCUT2D eigenvalue weighted by molar-refractivity contribution is 5.97. The predicted octanol–water partition coefficient (Wildman–Crippen LogP) is 2.86. The molecule has 0 fully saturated rings. The SMILES string of the molecule is O=C(O)c1ccccc1-c1cc2c(O)cccc2oc1=O. The van der Waals surface area contributed by atoms with Crippen LogP contribution in [0.1, 0.15) is 10.4 Å². The lowest BCUT2D eigenvalue weighted by atomic mass is 10.00. The monoisotopic (exact) mass is 282 g/mol. The van der Waals surface area contributed by atoms with Crippen LogP contribution in [0.2, 0.25) is 0 Å². The van der Waals surface area contributed by atoms with Gasteiger partial charge in [-0.25, -0.2) is 9.59 Å². The highest BCUT2D eigenvalue weighted by atomic mass is 16.4. The maximum Gasteiger partial charge on any atom is 0.344 e. The Kier molecular flexibility index (Phi) is 2.95. The van der Waals surface area contributed by atoms with E-state index in [9.17, 15) is 19.8 Å². The summed E-state index contributed by atoms with van der Waals surface area (Å²) in [6.45, 7) is 0. The molecule has 0 radical (unpaired) electrons. The number of benzene rings is 2. The standard InChI is InChI=1S/C16H10O5/c17-13-6-3-7-14-12(13)8-11(16(20)21-14)9-4-1-2-5-10(9)15(18)19/h1-8,17H,(H,18,19). The van der Waals surface area contributed by atoms with E-state index in [1.54, 1.807) is 24.3 Å². The lowest BCUT2D eigenvalue weighted by Crippen LogP contribution is -2.07. The highest BCUT2D eigenvalue weighted by Gasteiger charge is 2.16. The Balaban J connectivity index is 2.36. The first-order valence-electron chi connectivity index (χ1n) is 6.16. The molecule has 0 spiro atoms. The van der Waals surface area contributed by atoms with Gasteiger partial charge in [-0.15, -0.1) is 0 Å². The Labute approximate surface area is 118 Å². The number of phenolic OH excluding ortho intramolecular Hbond substituents is 1. The second-order valence-electron chi connectivity index (χ2n) is 4.49. The van der Waals surface area contributed by atoms with Crippen LogP contribution in [-0.4, -0.2) is 16.2 Å². The van der Waals surface area contributed by atoms with E-state index in [2.05, 4.69) is 0 Å². The molecule has 1 aromatic heterocycles. The second-order valence-corrected chi connectivity index (χ2v) is 4.49. The summed E-state index contributed by atoms with van der Waals surface area (Å²) in [4.78, 5) is 23.3. The first-order chi connectivity index (χ1) is 10.1. The summed E-state index contributed by atoms with van der Waals surface area (Å²) < 4.78 is 5.15. The number of carboxylic acids is 1. The number of hydrogen-bond donors (Lipinski definition) is 2. The number of phenols is 1.